The van der Waals surface area contributed by atoms with Crippen LogP contribution in [0.2, 0.25) is 5.02 Å². The van der Waals surface area contributed by atoms with E-state index in [-0.39, 0.29) is 11.9 Å². The van der Waals surface area contributed by atoms with Gasteiger partial charge in [-0.15, -0.1) is 11.3 Å². The smallest absolute Gasteiger partial charge is 0.253 e. The van der Waals surface area contributed by atoms with Crippen LogP contribution in [0.3, 0.4) is 0 Å². The summed E-state index contributed by atoms with van der Waals surface area (Å²) in [5.74, 6) is -0.165. The lowest BCUT2D eigenvalue weighted by Crippen LogP contribution is -2.26. The van der Waals surface area contributed by atoms with Gasteiger partial charge in [0.2, 0.25) is 0 Å². The summed E-state index contributed by atoms with van der Waals surface area (Å²) in [6, 6.07) is 9.18. The molecule has 18 heavy (non-hydrogen) atoms. The van der Waals surface area contributed by atoms with E-state index in [4.69, 9.17) is 11.6 Å². The molecular weight excluding hydrogens is 334 g/mol. The van der Waals surface area contributed by atoms with E-state index in [1.807, 2.05) is 30.5 Å². The van der Waals surface area contributed by atoms with Crippen molar-refractivity contribution in [1.82, 2.24) is 5.32 Å². The van der Waals surface area contributed by atoms with Crippen LogP contribution < -0.4 is 5.32 Å². The second kappa shape index (κ2) is 5.87. The van der Waals surface area contributed by atoms with Gasteiger partial charge in [-0.05, 0) is 36.6 Å². The van der Waals surface area contributed by atoms with Gasteiger partial charge in [0.25, 0.3) is 5.91 Å². The standard InChI is InChI=1S/C13H11BrClNOS/c1-8(12-3-2-6-18-12)16-13(17)10-7-9(14)4-5-11(10)15/h2-8H,1H3,(H,16,17). The third kappa shape index (κ3) is 3.13. The lowest BCUT2D eigenvalue weighted by Gasteiger charge is -2.13. The molecule has 1 heterocycles. The van der Waals surface area contributed by atoms with Crippen LogP contribution in [0, 0.1) is 0 Å². The summed E-state index contributed by atoms with van der Waals surface area (Å²) in [7, 11) is 0. The third-order valence-corrected chi connectivity index (χ3v) is 4.37. The number of carbonyl (C=O) groups excluding carboxylic acids is 1. The van der Waals surface area contributed by atoms with Gasteiger partial charge in [-0.2, -0.15) is 0 Å². The second-order valence-electron chi connectivity index (χ2n) is 3.83. The van der Waals surface area contributed by atoms with Crippen molar-refractivity contribution in [2.75, 3.05) is 0 Å². The minimum absolute atomic E-state index is 0.0208. The van der Waals surface area contributed by atoms with Crippen molar-refractivity contribution >= 4 is 44.8 Å². The van der Waals surface area contributed by atoms with Crippen molar-refractivity contribution in [3.05, 3.63) is 55.6 Å². The van der Waals surface area contributed by atoms with Gasteiger partial charge in [-0.3, -0.25) is 4.79 Å². The van der Waals surface area contributed by atoms with Crippen molar-refractivity contribution in [3.63, 3.8) is 0 Å². The first-order chi connectivity index (χ1) is 8.58. The summed E-state index contributed by atoms with van der Waals surface area (Å²) in [6.07, 6.45) is 0. The number of halogens is 2. The molecule has 0 spiro atoms. The first-order valence-corrected chi connectivity index (χ1v) is 7.42. The molecule has 0 fully saturated rings. The maximum atomic E-state index is 12.1. The zero-order valence-electron chi connectivity index (χ0n) is 9.61. The number of rotatable bonds is 3. The molecule has 2 rings (SSSR count). The Kier molecular flexibility index (Phi) is 4.43. The number of thiophene rings is 1. The summed E-state index contributed by atoms with van der Waals surface area (Å²) >= 11 is 11.0. The van der Waals surface area contributed by atoms with E-state index in [1.54, 1.807) is 23.5 Å². The van der Waals surface area contributed by atoms with Crippen molar-refractivity contribution in [1.29, 1.82) is 0 Å². The van der Waals surface area contributed by atoms with Gasteiger partial charge >= 0.3 is 0 Å². The summed E-state index contributed by atoms with van der Waals surface area (Å²) in [5, 5.41) is 5.38. The molecule has 1 N–H and O–H groups in total. The van der Waals surface area contributed by atoms with E-state index in [0.29, 0.717) is 10.6 Å². The van der Waals surface area contributed by atoms with Crippen LogP contribution in [-0.4, -0.2) is 5.91 Å². The summed E-state index contributed by atoms with van der Waals surface area (Å²) < 4.78 is 0.834. The average molecular weight is 345 g/mol. The number of hydrogen-bond donors (Lipinski definition) is 1. The molecule has 94 valence electrons. The van der Waals surface area contributed by atoms with Gasteiger partial charge in [0.15, 0.2) is 0 Å². The van der Waals surface area contributed by atoms with Crippen LogP contribution >= 0.6 is 38.9 Å². The van der Waals surface area contributed by atoms with Gasteiger partial charge < -0.3 is 5.32 Å². The van der Waals surface area contributed by atoms with Crippen molar-refractivity contribution < 1.29 is 4.79 Å². The van der Waals surface area contributed by atoms with Crippen LogP contribution in [0.4, 0.5) is 0 Å². The fraction of sp³-hybridized carbons (Fsp3) is 0.154. The van der Waals surface area contributed by atoms with Crippen molar-refractivity contribution in [2.24, 2.45) is 0 Å². The fourth-order valence-electron chi connectivity index (χ4n) is 1.55. The maximum Gasteiger partial charge on any atom is 0.253 e. The average Bonchev–Trinajstić information content (AvgIpc) is 2.85. The lowest BCUT2D eigenvalue weighted by atomic mass is 10.2. The van der Waals surface area contributed by atoms with Crippen molar-refractivity contribution in [3.8, 4) is 0 Å². The quantitative estimate of drug-likeness (QED) is 0.862. The Morgan fingerprint density at radius 1 is 1.44 bits per heavy atom. The molecule has 2 aromatic rings. The van der Waals surface area contributed by atoms with Crippen LogP contribution in [0.25, 0.3) is 0 Å². The Bertz CT molecular complexity index is 556. The predicted molar refractivity (Wildman–Crippen MR) is 79.4 cm³/mol. The highest BCUT2D eigenvalue weighted by Gasteiger charge is 2.15. The highest BCUT2D eigenvalue weighted by Crippen LogP contribution is 2.23. The largest absolute Gasteiger partial charge is 0.345 e. The normalized spacial score (nSPS) is 12.2. The second-order valence-corrected chi connectivity index (χ2v) is 6.14. The molecule has 5 heteroatoms. The third-order valence-electron chi connectivity index (χ3n) is 2.49. The van der Waals surface area contributed by atoms with Crippen LogP contribution in [0.1, 0.15) is 28.2 Å². The van der Waals surface area contributed by atoms with E-state index in [9.17, 15) is 4.79 Å². The Morgan fingerprint density at radius 2 is 2.22 bits per heavy atom. The topological polar surface area (TPSA) is 29.1 Å². The minimum Gasteiger partial charge on any atom is -0.345 e. The zero-order valence-corrected chi connectivity index (χ0v) is 12.8. The summed E-state index contributed by atoms with van der Waals surface area (Å²) in [5.41, 5.74) is 0.481. The predicted octanol–water partition coefficient (Wildman–Crippen LogP) is 4.66. The molecule has 0 saturated carbocycles. The molecule has 1 atom stereocenters. The van der Waals surface area contributed by atoms with Crippen LogP contribution in [-0.2, 0) is 0 Å². The summed E-state index contributed by atoms with van der Waals surface area (Å²) in [4.78, 5) is 13.2. The number of nitrogens with one attached hydrogen (secondary N) is 1. The molecule has 2 nitrogen and oxygen atoms in total. The fourth-order valence-corrected chi connectivity index (χ4v) is 2.85. The van der Waals surface area contributed by atoms with Gasteiger partial charge in [0.1, 0.15) is 0 Å². The number of carbonyl (C=O) groups is 1. The zero-order chi connectivity index (χ0) is 13.1. The molecular formula is C13H11BrClNOS. The van der Waals surface area contributed by atoms with Gasteiger partial charge in [0, 0.05) is 9.35 Å². The van der Waals surface area contributed by atoms with E-state index in [2.05, 4.69) is 21.2 Å². The minimum atomic E-state index is -0.165. The first kappa shape index (κ1) is 13.6. The molecule has 1 aromatic heterocycles. The molecule has 0 aliphatic carbocycles. The van der Waals surface area contributed by atoms with Crippen molar-refractivity contribution in [2.45, 2.75) is 13.0 Å². The van der Waals surface area contributed by atoms with Gasteiger partial charge in [-0.1, -0.05) is 33.6 Å². The monoisotopic (exact) mass is 343 g/mol. The number of amides is 1. The highest BCUT2D eigenvalue weighted by molar-refractivity contribution is 9.10. The molecule has 0 bridgehead atoms. The van der Waals surface area contributed by atoms with Gasteiger partial charge in [-0.25, -0.2) is 0 Å². The van der Waals surface area contributed by atoms with Crippen LogP contribution in [0.5, 0.6) is 0 Å². The Labute approximate surface area is 123 Å². The Morgan fingerprint density at radius 3 is 2.89 bits per heavy atom. The first-order valence-electron chi connectivity index (χ1n) is 5.37. The molecule has 0 aliphatic rings. The molecule has 0 aliphatic heterocycles. The van der Waals surface area contributed by atoms with E-state index < -0.39 is 0 Å². The SMILES string of the molecule is CC(NC(=O)c1cc(Br)ccc1Cl)c1cccs1. The molecule has 1 unspecified atom stereocenters. The van der Waals surface area contributed by atoms with E-state index in [1.165, 1.54) is 0 Å². The Hall–Kier alpha value is -0.840. The Balaban J connectivity index is 2.15. The van der Waals surface area contributed by atoms with Crippen LogP contribution in [0.15, 0.2) is 40.2 Å². The van der Waals surface area contributed by atoms with E-state index >= 15 is 0 Å². The highest BCUT2D eigenvalue weighted by atomic mass is 79.9. The van der Waals surface area contributed by atoms with Gasteiger partial charge in [0.05, 0.1) is 16.6 Å². The molecule has 1 amide bonds. The van der Waals surface area contributed by atoms with E-state index in [0.717, 1.165) is 9.35 Å². The number of benzene rings is 1. The molecule has 1 aromatic carbocycles. The maximum absolute atomic E-state index is 12.1. The molecule has 0 saturated heterocycles. The molecule has 0 radical (unpaired) electrons. The lowest BCUT2D eigenvalue weighted by molar-refractivity contribution is 0.0940. The summed E-state index contributed by atoms with van der Waals surface area (Å²) in [6.45, 7) is 1.95. The number of hydrogen-bond acceptors (Lipinski definition) is 2.